The first kappa shape index (κ1) is 13.6. The van der Waals surface area contributed by atoms with Gasteiger partial charge in [-0.2, -0.15) is 0 Å². The lowest BCUT2D eigenvalue weighted by molar-refractivity contribution is 0.0940. The normalized spacial score (nSPS) is 16.6. The first-order valence-corrected chi connectivity index (χ1v) is 6.56. The first-order valence-electron chi connectivity index (χ1n) is 6.56. The number of benzene rings is 1. The Bertz CT molecular complexity index is 511. The molecule has 1 aliphatic rings. The van der Waals surface area contributed by atoms with Crippen LogP contribution in [0.5, 0.6) is 5.75 Å². The maximum absolute atomic E-state index is 13.6. The summed E-state index contributed by atoms with van der Waals surface area (Å²) in [5.74, 6) is -1.34. The number of aromatic hydroxyl groups is 1. The molecular weight excluding hydrogens is 245 g/mol. The number of carbonyl (C=O) groups is 1. The Hall–Kier alpha value is -1.84. The molecule has 1 atom stereocenters. The number of hydrogen-bond donors (Lipinski definition) is 2. The van der Waals surface area contributed by atoms with Crippen LogP contribution in [-0.2, 0) is 0 Å². The minimum Gasteiger partial charge on any atom is -0.508 e. The second-order valence-electron chi connectivity index (χ2n) is 4.88. The molecule has 0 heterocycles. The SMILES string of the molecule is CC(NC(=O)c1ccc(O)cc1F)C1=CCCCC1. The van der Waals surface area contributed by atoms with E-state index in [1.807, 2.05) is 6.92 Å². The zero-order valence-electron chi connectivity index (χ0n) is 10.9. The molecule has 0 aliphatic heterocycles. The maximum atomic E-state index is 13.6. The fourth-order valence-corrected chi connectivity index (χ4v) is 2.31. The topological polar surface area (TPSA) is 49.3 Å². The molecule has 4 heteroatoms. The number of rotatable bonds is 3. The lowest BCUT2D eigenvalue weighted by Gasteiger charge is -2.21. The monoisotopic (exact) mass is 263 g/mol. The van der Waals surface area contributed by atoms with Crippen LogP contribution in [0.1, 0.15) is 43.0 Å². The van der Waals surface area contributed by atoms with E-state index in [2.05, 4.69) is 11.4 Å². The van der Waals surface area contributed by atoms with Gasteiger partial charge in [-0.1, -0.05) is 11.6 Å². The van der Waals surface area contributed by atoms with E-state index >= 15 is 0 Å². The summed E-state index contributed by atoms with van der Waals surface area (Å²) in [5.41, 5.74) is 1.17. The Balaban J connectivity index is 2.06. The highest BCUT2D eigenvalue weighted by molar-refractivity contribution is 5.95. The summed E-state index contributed by atoms with van der Waals surface area (Å²) >= 11 is 0. The van der Waals surface area contributed by atoms with E-state index in [0.29, 0.717) is 0 Å². The van der Waals surface area contributed by atoms with Crippen molar-refractivity contribution in [1.82, 2.24) is 5.32 Å². The Morgan fingerprint density at radius 1 is 1.42 bits per heavy atom. The Morgan fingerprint density at radius 2 is 2.21 bits per heavy atom. The second-order valence-corrected chi connectivity index (χ2v) is 4.88. The summed E-state index contributed by atoms with van der Waals surface area (Å²) in [7, 11) is 0. The third kappa shape index (κ3) is 3.34. The van der Waals surface area contributed by atoms with Crippen LogP contribution in [0.4, 0.5) is 4.39 Å². The van der Waals surface area contributed by atoms with Crippen LogP contribution >= 0.6 is 0 Å². The van der Waals surface area contributed by atoms with E-state index in [-0.39, 0.29) is 17.4 Å². The molecule has 0 saturated carbocycles. The zero-order chi connectivity index (χ0) is 13.8. The van der Waals surface area contributed by atoms with Gasteiger partial charge in [0.15, 0.2) is 0 Å². The molecule has 0 radical (unpaired) electrons. The second kappa shape index (κ2) is 5.87. The molecule has 0 saturated heterocycles. The third-order valence-electron chi connectivity index (χ3n) is 3.43. The van der Waals surface area contributed by atoms with Gasteiger partial charge in [0.2, 0.25) is 0 Å². The Kier molecular flexibility index (Phi) is 4.20. The highest BCUT2D eigenvalue weighted by Gasteiger charge is 2.17. The van der Waals surface area contributed by atoms with Crippen LogP contribution in [0, 0.1) is 5.82 Å². The van der Waals surface area contributed by atoms with Gasteiger partial charge in [0.05, 0.1) is 5.56 Å². The molecule has 1 aliphatic carbocycles. The van der Waals surface area contributed by atoms with Crippen LogP contribution in [0.25, 0.3) is 0 Å². The van der Waals surface area contributed by atoms with Crippen molar-refractivity contribution in [2.75, 3.05) is 0 Å². The van der Waals surface area contributed by atoms with Gasteiger partial charge in [0.1, 0.15) is 11.6 Å². The van der Waals surface area contributed by atoms with Gasteiger partial charge in [-0.15, -0.1) is 0 Å². The lowest BCUT2D eigenvalue weighted by Crippen LogP contribution is -2.34. The molecule has 102 valence electrons. The summed E-state index contributed by atoms with van der Waals surface area (Å²) < 4.78 is 13.6. The van der Waals surface area contributed by atoms with Crippen LogP contribution in [0.3, 0.4) is 0 Å². The summed E-state index contributed by atoms with van der Waals surface area (Å²) in [6.07, 6.45) is 6.51. The predicted octanol–water partition coefficient (Wildman–Crippen LogP) is 3.15. The van der Waals surface area contributed by atoms with Crippen molar-refractivity contribution < 1.29 is 14.3 Å². The number of allylic oxidation sites excluding steroid dienone is 1. The molecule has 2 rings (SSSR count). The molecule has 19 heavy (non-hydrogen) atoms. The summed E-state index contributed by atoms with van der Waals surface area (Å²) in [6.45, 7) is 1.91. The van der Waals surface area contributed by atoms with Crippen molar-refractivity contribution in [3.8, 4) is 5.75 Å². The Morgan fingerprint density at radius 3 is 2.84 bits per heavy atom. The third-order valence-corrected chi connectivity index (χ3v) is 3.43. The predicted molar refractivity (Wildman–Crippen MR) is 71.5 cm³/mol. The van der Waals surface area contributed by atoms with Crippen molar-refractivity contribution in [2.24, 2.45) is 0 Å². The average molecular weight is 263 g/mol. The van der Waals surface area contributed by atoms with E-state index < -0.39 is 11.7 Å². The van der Waals surface area contributed by atoms with Gasteiger partial charge >= 0.3 is 0 Å². The molecule has 2 N–H and O–H groups in total. The summed E-state index contributed by atoms with van der Waals surface area (Å²) in [6, 6.07) is 3.46. The van der Waals surface area contributed by atoms with E-state index in [0.717, 1.165) is 25.3 Å². The number of halogens is 1. The van der Waals surface area contributed by atoms with Gasteiger partial charge in [-0.3, -0.25) is 4.79 Å². The number of phenols is 1. The fraction of sp³-hybridized carbons (Fsp3) is 0.400. The van der Waals surface area contributed by atoms with Crippen molar-refractivity contribution >= 4 is 5.91 Å². The van der Waals surface area contributed by atoms with Crippen LogP contribution < -0.4 is 5.32 Å². The molecule has 1 amide bonds. The minimum absolute atomic E-state index is 0.0407. The molecular formula is C15H18FNO2. The quantitative estimate of drug-likeness (QED) is 0.823. The van der Waals surface area contributed by atoms with Crippen molar-refractivity contribution in [3.05, 3.63) is 41.2 Å². The molecule has 3 nitrogen and oxygen atoms in total. The van der Waals surface area contributed by atoms with Crippen LogP contribution in [0.15, 0.2) is 29.8 Å². The number of nitrogens with one attached hydrogen (secondary N) is 1. The molecule has 0 bridgehead atoms. The zero-order valence-corrected chi connectivity index (χ0v) is 10.9. The number of amides is 1. The maximum Gasteiger partial charge on any atom is 0.254 e. The number of carbonyl (C=O) groups excluding carboxylic acids is 1. The highest BCUT2D eigenvalue weighted by Crippen LogP contribution is 2.21. The van der Waals surface area contributed by atoms with Gasteiger partial charge in [0.25, 0.3) is 5.91 Å². The molecule has 0 aromatic heterocycles. The van der Waals surface area contributed by atoms with Gasteiger partial charge in [-0.05, 0) is 44.7 Å². The summed E-state index contributed by atoms with van der Waals surface area (Å²) in [5, 5.41) is 11.9. The number of phenolic OH excluding ortho intramolecular Hbond substituents is 1. The van der Waals surface area contributed by atoms with Gasteiger partial charge < -0.3 is 10.4 Å². The largest absolute Gasteiger partial charge is 0.508 e. The number of hydrogen-bond acceptors (Lipinski definition) is 2. The smallest absolute Gasteiger partial charge is 0.254 e. The standard InChI is InChI=1S/C15H18FNO2/c1-10(11-5-3-2-4-6-11)17-15(19)13-8-7-12(18)9-14(13)16/h5,7-10,18H,2-4,6H2,1H3,(H,17,19). The van der Waals surface area contributed by atoms with E-state index in [4.69, 9.17) is 5.11 Å². The van der Waals surface area contributed by atoms with Crippen LogP contribution in [-0.4, -0.2) is 17.1 Å². The molecule has 1 unspecified atom stereocenters. The van der Waals surface area contributed by atoms with Gasteiger partial charge in [0, 0.05) is 12.1 Å². The van der Waals surface area contributed by atoms with E-state index in [9.17, 15) is 9.18 Å². The van der Waals surface area contributed by atoms with E-state index in [1.165, 1.54) is 24.1 Å². The molecule has 1 aromatic rings. The van der Waals surface area contributed by atoms with Crippen molar-refractivity contribution in [1.29, 1.82) is 0 Å². The molecule has 1 aromatic carbocycles. The van der Waals surface area contributed by atoms with Crippen LogP contribution in [0.2, 0.25) is 0 Å². The van der Waals surface area contributed by atoms with Crippen molar-refractivity contribution in [3.63, 3.8) is 0 Å². The molecule has 0 spiro atoms. The molecule has 0 fully saturated rings. The summed E-state index contributed by atoms with van der Waals surface area (Å²) in [4.78, 5) is 12.0. The highest BCUT2D eigenvalue weighted by atomic mass is 19.1. The van der Waals surface area contributed by atoms with Crippen molar-refractivity contribution in [2.45, 2.75) is 38.6 Å². The van der Waals surface area contributed by atoms with E-state index in [1.54, 1.807) is 0 Å². The minimum atomic E-state index is -0.706. The van der Waals surface area contributed by atoms with Gasteiger partial charge in [-0.25, -0.2) is 4.39 Å². The lowest BCUT2D eigenvalue weighted by atomic mass is 9.94. The Labute approximate surface area is 112 Å². The average Bonchev–Trinajstić information content (AvgIpc) is 2.39. The fourth-order valence-electron chi connectivity index (χ4n) is 2.31. The first-order chi connectivity index (χ1) is 9.08.